The summed E-state index contributed by atoms with van der Waals surface area (Å²) in [4.78, 5) is 0. The maximum atomic E-state index is 6.71. The molecule has 0 N–H and O–H groups in total. The molecule has 0 unspecified atom stereocenters. The molecule has 0 spiro atoms. The third-order valence-electron chi connectivity index (χ3n) is 10.7. The van der Waals surface area contributed by atoms with Crippen LogP contribution < -0.4 is 15.9 Å². The van der Waals surface area contributed by atoms with Crippen molar-refractivity contribution in [2.24, 2.45) is 0 Å². The summed E-state index contributed by atoms with van der Waals surface area (Å²) in [6.07, 6.45) is 0. The summed E-state index contributed by atoms with van der Waals surface area (Å²) < 4.78 is 6.71. The lowest BCUT2D eigenvalue weighted by Crippen LogP contribution is -2.20. The van der Waals surface area contributed by atoms with Gasteiger partial charge in [-0.15, -0.1) is 0 Å². The molecule has 264 valence electrons. The zero-order chi connectivity index (χ0) is 37.3. The third-order valence-corrected chi connectivity index (χ3v) is 13.2. The molecule has 2 heteroatoms. The average Bonchev–Trinajstić information content (AvgIpc) is 3.68. The standard InChI is InChI=1S/C54H37OP/c1-4-12-38(13-5-1)41-26-32-46(33-27-41)56(47-34-28-42(29-35-47)39-14-6-2-7-15-39)48-36-30-43(31-37-48)40-22-24-45(25-23-40)50-19-11-21-52-51-20-10-18-49(53(51)55-54(50)52)44-16-8-3-9-17-44/h1-37H. The molecule has 0 aliphatic rings. The number of hydrogen-bond donors (Lipinski definition) is 0. The summed E-state index contributed by atoms with van der Waals surface area (Å²) in [7, 11) is -0.779. The number of fused-ring (bicyclic) bond motifs is 3. The normalized spacial score (nSPS) is 11.4. The van der Waals surface area contributed by atoms with Crippen molar-refractivity contribution >= 4 is 45.8 Å². The maximum absolute atomic E-state index is 6.71. The lowest BCUT2D eigenvalue weighted by Gasteiger charge is -2.21. The molecule has 0 saturated heterocycles. The SMILES string of the molecule is c1ccc(-c2ccc(P(c3ccc(-c4ccccc4)cc3)c3ccc(-c4ccc(-c5cccc6c5oc5c(-c7ccccc7)cccc56)cc4)cc3)cc2)cc1. The Kier molecular flexibility index (Phi) is 8.92. The van der Waals surface area contributed by atoms with Crippen LogP contribution in [0.2, 0.25) is 0 Å². The molecule has 9 aromatic carbocycles. The average molecular weight is 733 g/mol. The van der Waals surface area contributed by atoms with Gasteiger partial charge >= 0.3 is 0 Å². The van der Waals surface area contributed by atoms with Crippen LogP contribution in [0.5, 0.6) is 0 Å². The molecule has 1 aromatic heterocycles. The van der Waals surface area contributed by atoms with Gasteiger partial charge in [0, 0.05) is 21.9 Å². The molecule has 0 fully saturated rings. The molecule has 1 nitrogen and oxygen atoms in total. The fraction of sp³-hybridized carbons (Fsp3) is 0. The van der Waals surface area contributed by atoms with Crippen LogP contribution in [0.3, 0.4) is 0 Å². The van der Waals surface area contributed by atoms with Crippen molar-refractivity contribution in [3.63, 3.8) is 0 Å². The first-order chi connectivity index (χ1) is 27.8. The lowest BCUT2D eigenvalue weighted by molar-refractivity contribution is 0.671. The van der Waals surface area contributed by atoms with Gasteiger partial charge in [-0.3, -0.25) is 0 Å². The summed E-state index contributed by atoms with van der Waals surface area (Å²) in [5.74, 6) is 0. The van der Waals surface area contributed by atoms with Crippen LogP contribution >= 0.6 is 7.92 Å². The minimum absolute atomic E-state index is 0.779. The van der Waals surface area contributed by atoms with Crippen molar-refractivity contribution in [2.45, 2.75) is 0 Å². The summed E-state index contributed by atoms with van der Waals surface area (Å²) in [6, 6.07) is 81.0. The first-order valence-corrected chi connectivity index (χ1v) is 20.4. The number of benzene rings is 9. The molecule has 0 radical (unpaired) electrons. The molecule has 0 amide bonds. The van der Waals surface area contributed by atoms with E-state index in [1.807, 2.05) is 6.07 Å². The van der Waals surface area contributed by atoms with E-state index >= 15 is 0 Å². The van der Waals surface area contributed by atoms with E-state index < -0.39 is 7.92 Å². The van der Waals surface area contributed by atoms with Crippen LogP contribution in [0, 0.1) is 0 Å². The second-order valence-corrected chi connectivity index (χ2v) is 16.3. The monoisotopic (exact) mass is 732 g/mol. The van der Waals surface area contributed by atoms with E-state index in [2.05, 4.69) is 218 Å². The summed E-state index contributed by atoms with van der Waals surface area (Å²) in [6.45, 7) is 0. The molecular formula is C54H37OP. The van der Waals surface area contributed by atoms with Crippen LogP contribution in [0.1, 0.15) is 0 Å². The van der Waals surface area contributed by atoms with Gasteiger partial charge in [0.1, 0.15) is 11.2 Å². The predicted molar refractivity (Wildman–Crippen MR) is 240 cm³/mol. The fourth-order valence-electron chi connectivity index (χ4n) is 7.85. The van der Waals surface area contributed by atoms with Crippen LogP contribution in [-0.2, 0) is 0 Å². The van der Waals surface area contributed by atoms with Crippen molar-refractivity contribution in [3.05, 3.63) is 224 Å². The van der Waals surface area contributed by atoms with E-state index in [1.54, 1.807) is 0 Å². The second-order valence-electron chi connectivity index (χ2n) is 14.1. The van der Waals surface area contributed by atoms with Gasteiger partial charge in [-0.2, -0.15) is 0 Å². The van der Waals surface area contributed by atoms with E-state index in [0.717, 1.165) is 44.2 Å². The van der Waals surface area contributed by atoms with E-state index in [1.165, 1.54) is 49.3 Å². The highest BCUT2D eigenvalue weighted by Crippen LogP contribution is 2.40. The molecule has 0 aliphatic heterocycles. The number of furan rings is 1. The van der Waals surface area contributed by atoms with Crippen molar-refractivity contribution in [2.75, 3.05) is 0 Å². The van der Waals surface area contributed by atoms with Crippen LogP contribution in [-0.4, -0.2) is 0 Å². The molecule has 0 saturated carbocycles. The molecule has 0 atom stereocenters. The highest BCUT2D eigenvalue weighted by molar-refractivity contribution is 7.79. The minimum atomic E-state index is -0.779. The number of hydrogen-bond acceptors (Lipinski definition) is 1. The van der Waals surface area contributed by atoms with Crippen molar-refractivity contribution in [1.82, 2.24) is 0 Å². The zero-order valence-corrected chi connectivity index (χ0v) is 31.6. The molecular weight excluding hydrogens is 696 g/mol. The van der Waals surface area contributed by atoms with Gasteiger partial charge in [-0.25, -0.2) is 0 Å². The molecule has 56 heavy (non-hydrogen) atoms. The Morgan fingerprint density at radius 1 is 0.232 bits per heavy atom. The van der Waals surface area contributed by atoms with Crippen LogP contribution in [0.25, 0.3) is 77.6 Å². The van der Waals surface area contributed by atoms with Crippen molar-refractivity contribution in [1.29, 1.82) is 0 Å². The number of rotatable bonds is 8. The van der Waals surface area contributed by atoms with Gasteiger partial charge in [-0.1, -0.05) is 224 Å². The third kappa shape index (κ3) is 6.43. The Morgan fingerprint density at radius 3 is 0.893 bits per heavy atom. The second kappa shape index (κ2) is 14.8. The van der Waals surface area contributed by atoms with E-state index in [-0.39, 0.29) is 0 Å². The van der Waals surface area contributed by atoms with Crippen molar-refractivity contribution in [3.8, 4) is 55.6 Å². The summed E-state index contributed by atoms with van der Waals surface area (Å²) in [5.41, 5.74) is 13.7. The minimum Gasteiger partial charge on any atom is -0.455 e. The highest BCUT2D eigenvalue weighted by atomic mass is 31.1. The largest absolute Gasteiger partial charge is 0.455 e. The highest BCUT2D eigenvalue weighted by Gasteiger charge is 2.19. The Bertz CT molecular complexity index is 2810. The van der Waals surface area contributed by atoms with Gasteiger partial charge in [0.05, 0.1) is 0 Å². The molecule has 10 aromatic rings. The first kappa shape index (κ1) is 33.8. The Balaban J connectivity index is 0.969. The zero-order valence-electron chi connectivity index (χ0n) is 30.7. The van der Waals surface area contributed by atoms with E-state index in [4.69, 9.17) is 4.42 Å². The molecule has 0 aliphatic carbocycles. The molecule has 10 rings (SSSR count). The van der Waals surface area contributed by atoms with E-state index in [9.17, 15) is 0 Å². The summed E-state index contributed by atoms with van der Waals surface area (Å²) >= 11 is 0. The van der Waals surface area contributed by atoms with Gasteiger partial charge in [0.15, 0.2) is 0 Å². The quantitative estimate of drug-likeness (QED) is 0.142. The van der Waals surface area contributed by atoms with E-state index in [0.29, 0.717) is 0 Å². The van der Waals surface area contributed by atoms with Crippen LogP contribution in [0.4, 0.5) is 0 Å². The maximum Gasteiger partial charge on any atom is 0.143 e. The van der Waals surface area contributed by atoms with Gasteiger partial charge in [0.25, 0.3) is 0 Å². The fourth-order valence-corrected chi connectivity index (χ4v) is 10.1. The Hall–Kier alpha value is -6.79. The van der Waals surface area contributed by atoms with Crippen LogP contribution in [0.15, 0.2) is 229 Å². The van der Waals surface area contributed by atoms with Crippen molar-refractivity contribution < 1.29 is 4.42 Å². The lowest BCUT2D eigenvalue weighted by atomic mass is 9.98. The Labute approximate surface area is 328 Å². The smallest absolute Gasteiger partial charge is 0.143 e. The van der Waals surface area contributed by atoms with Gasteiger partial charge in [0.2, 0.25) is 0 Å². The molecule has 1 heterocycles. The number of para-hydroxylation sites is 2. The molecule has 0 bridgehead atoms. The van der Waals surface area contributed by atoms with Gasteiger partial charge < -0.3 is 4.42 Å². The predicted octanol–water partition coefficient (Wildman–Crippen LogP) is 13.7. The van der Waals surface area contributed by atoms with Gasteiger partial charge in [-0.05, 0) is 68.3 Å². The Morgan fingerprint density at radius 2 is 0.518 bits per heavy atom. The topological polar surface area (TPSA) is 13.1 Å². The summed E-state index contributed by atoms with van der Waals surface area (Å²) in [5, 5.41) is 6.27. The first-order valence-electron chi connectivity index (χ1n) is 19.1.